The summed E-state index contributed by atoms with van der Waals surface area (Å²) in [5.74, 6) is -1.71. The Hall–Kier alpha value is -1.78. The molecule has 21 heavy (non-hydrogen) atoms. The Balaban J connectivity index is 2.02. The van der Waals surface area contributed by atoms with Gasteiger partial charge in [0.1, 0.15) is 0 Å². The van der Waals surface area contributed by atoms with Gasteiger partial charge < -0.3 is 10.4 Å². The van der Waals surface area contributed by atoms with Gasteiger partial charge in [-0.05, 0) is 36.6 Å². The Kier molecular flexibility index (Phi) is 5.42. The fourth-order valence-electron chi connectivity index (χ4n) is 2.31. The van der Waals surface area contributed by atoms with Gasteiger partial charge in [-0.15, -0.1) is 0 Å². The highest BCUT2D eigenvalue weighted by Gasteiger charge is 2.14. The molecular formula is C17H19F2NO. The van der Waals surface area contributed by atoms with Crippen LogP contribution in [0.3, 0.4) is 0 Å². The largest absolute Gasteiger partial charge is 0.395 e. The quantitative estimate of drug-likeness (QED) is 0.856. The zero-order chi connectivity index (χ0) is 15.2. The summed E-state index contributed by atoms with van der Waals surface area (Å²) in [6, 6.07) is 13.3. The van der Waals surface area contributed by atoms with E-state index in [1.54, 1.807) is 6.07 Å². The van der Waals surface area contributed by atoms with Gasteiger partial charge >= 0.3 is 0 Å². The molecule has 2 aromatic rings. The van der Waals surface area contributed by atoms with Crippen LogP contribution >= 0.6 is 0 Å². The summed E-state index contributed by atoms with van der Waals surface area (Å²) in [7, 11) is 0. The Morgan fingerprint density at radius 2 is 1.76 bits per heavy atom. The van der Waals surface area contributed by atoms with Gasteiger partial charge in [-0.1, -0.05) is 36.4 Å². The van der Waals surface area contributed by atoms with Crippen molar-refractivity contribution >= 4 is 0 Å². The molecule has 2 N–H and O–H groups in total. The van der Waals surface area contributed by atoms with Gasteiger partial charge in [0, 0.05) is 12.1 Å². The van der Waals surface area contributed by atoms with E-state index in [1.165, 1.54) is 6.07 Å². The molecule has 0 saturated heterocycles. The van der Waals surface area contributed by atoms with E-state index in [4.69, 9.17) is 0 Å². The molecule has 0 bridgehead atoms. The molecule has 2 atom stereocenters. The highest BCUT2D eigenvalue weighted by molar-refractivity contribution is 5.21. The molecule has 2 unspecified atom stereocenters. The molecule has 2 aromatic carbocycles. The predicted octanol–water partition coefficient (Wildman–Crippen LogP) is 3.22. The number of aliphatic hydroxyl groups excluding tert-OH is 1. The molecule has 112 valence electrons. The van der Waals surface area contributed by atoms with Crippen LogP contribution in [0.15, 0.2) is 48.5 Å². The van der Waals surface area contributed by atoms with Crippen molar-refractivity contribution in [1.29, 1.82) is 0 Å². The standard InChI is InChI=1S/C17H19F2NO/c1-12(14-7-8-16(18)17(19)10-14)20-15(11-21)9-13-5-3-2-4-6-13/h2-8,10,12,15,20-21H,9,11H2,1H3. The highest BCUT2D eigenvalue weighted by atomic mass is 19.2. The number of benzene rings is 2. The molecule has 4 heteroatoms. The summed E-state index contributed by atoms with van der Waals surface area (Å²) in [5.41, 5.74) is 1.77. The van der Waals surface area contributed by atoms with Crippen molar-refractivity contribution in [3.05, 3.63) is 71.3 Å². The van der Waals surface area contributed by atoms with Crippen molar-refractivity contribution in [2.45, 2.75) is 25.4 Å². The molecule has 0 spiro atoms. The van der Waals surface area contributed by atoms with Gasteiger partial charge in [-0.3, -0.25) is 0 Å². The van der Waals surface area contributed by atoms with Crippen LogP contribution < -0.4 is 5.32 Å². The summed E-state index contributed by atoms with van der Waals surface area (Å²) in [6.07, 6.45) is 0.672. The van der Waals surface area contributed by atoms with E-state index in [0.717, 1.165) is 11.6 Å². The number of halogens is 2. The monoisotopic (exact) mass is 291 g/mol. The van der Waals surface area contributed by atoms with E-state index in [2.05, 4.69) is 5.32 Å². The van der Waals surface area contributed by atoms with Gasteiger partial charge in [-0.25, -0.2) is 8.78 Å². The lowest BCUT2D eigenvalue weighted by Crippen LogP contribution is -2.36. The molecule has 0 aliphatic carbocycles. The molecule has 0 fully saturated rings. The van der Waals surface area contributed by atoms with Gasteiger partial charge in [0.15, 0.2) is 11.6 Å². The van der Waals surface area contributed by atoms with Crippen LogP contribution in [-0.2, 0) is 6.42 Å². The topological polar surface area (TPSA) is 32.3 Å². The van der Waals surface area contributed by atoms with Crippen molar-refractivity contribution < 1.29 is 13.9 Å². The number of hydrogen-bond donors (Lipinski definition) is 2. The Labute approximate surface area is 123 Å². The van der Waals surface area contributed by atoms with Gasteiger partial charge in [0.2, 0.25) is 0 Å². The van der Waals surface area contributed by atoms with Crippen LogP contribution in [0.25, 0.3) is 0 Å². The van der Waals surface area contributed by atoms with Crippen molar-refractivity contribution in [3.63, 3.8) is 0 Å². The lowest BCUT2D eigenvalue weighted by molar-refractivity contribution is 0.232. The van der Waals surface area contributed by atoms with Gasteiger partial charge in [0.05, 0.1) is 6.61 Å². The molecule has 0 saturated carbocycles. The summed E-state index contributed by atoms with van der Waals surface area (Å²) in [4.78, 5) is 0. The van der Waals surface area contributed by atoms with Crippen LogP contribution in [0.5, 0.6) is 0 Å². The van der Waals surface area contributed by atoms with E-state index in [9.17, 15) is 13.9 Å². The Morgan fingerprint density at radius 3 is 2.38 bits per heavy atom. The molecule has 0 aliphatic rings. The van der Waals surface area contributed by atoms with E-state index in [-0.39, 0.29) is 18.7 Å². The van der Waals surface area contributed by atoms with Crippen LogP contribution in [0, 0.1) is 11.6 Å². The van der Waals surface area contributed by atoms with E-state index < -0.39 is 11.6 Å². The zero-order valence-electron chi connectivity index (χ0n) is 11.9. The van der Waals surface area contributed by atoms with Gasteiger partial charge in [-0.2, -0.15) is 0 Å². The molecule has 0 aliphatic heterocycles. The molecular weight excluding hydrogens is 272 g/mol. The number of nitrogens with one attached hydrogen (secondary N) is 1. The first-order chi connectivity index (χ1) is 10.1. The van der Waals surface area contributed by atoms with Crippen molar-refractivity contribution in [2.24, 2.45) is 0 Å². The predicted molar refractivity (Wildman–Crippen MR) is 78.9 cm³/mol. The third kappa shape index (κ3) is 4.34. The fraction of sp³-hybridized carbons (Fsp3) is 0.294. The van der Waals surface area contributed by atoms with E-state index >= 15 is 0 Å². The second kappa shape index (κ2) is 7.29. The summed E-state index contributed by atoms with van der Waals surface area (Å²) >= 11 is 0. The first-order valence-corrected chi connectivity index (χ1v) is 6.96. The molecule has 2 nitrogen and oxygen atoms in total. The lowest BCUT2D eigenvalue weighted by atomic mass is 10.0. The Morgan fingerprint density at radius 1 is 1.05 bits per heavy atom. The first-order valence-electron chi connectivity index (χ1n) is 6.96. The maximum Gasteiger partial charge on any atom is 0.159 e. The van der Waals surface area contributed by atoms with E-state index in [0.29, 0.717) is 12.0 Å². The maximum absolute atomic E-state index is 13.3. The molecule has 0 heterocycles. The van der Waals surface area contributed by atoms with E-state index in [1.807, 2.05) is 37.3 Å². The molecule has 2 rings (SSSR count). The fourth-order valence-corrected chi connectivity index (χ4v) is 2.31. The zero-order valence-corrected chi connectivity index (χ0v) is 11.9. The van der Waals surface area contributed by atoms with Crippen LogP contribution in [0.1, 0.15) is 24.1 Å². The third-order valence-electron chi connectivity index (χ3n) is 3.47. The normalized spacial score (nSPS) is 13.9. The average Bonchev–Trinajstić information content (AvgIpc) is 2.50. The molecule has 0 aromatic heterocycles. The van der Waals surface area contributed by atoms with Crippen molar-refractivity contribution in [1.82, 2.24) is 5.32 Å². The van der Waals surface area contributed by atoms with Gasteiger partial charge in [0.25, 0.3) is 0 Å². The number of aliphatic hydroxyl groups is 1. The van der Waals surface area contributed by atoms with Crippen molar-refractivity contribution in [3.8, 4) is 0 Å². The smallest absolute Gasteiger partial charge is 0.159 e. The average molecular weight is 291 g/mol. The second-order valence-corrected chi connectivity index (χ2v) is 5.13. The Bertz CT molecular complexity index is 574. The van der Waals surface area contributed by atoms with Crippen molar-refractivity contribution in [2.75, 3.05) is 6.61 Å². The minimum absolute atomic E-state index is 0.0249. The maximum atomic E-state index is 13.3. The number of hydrogen-bond acceptors (Lipinski definition) is 2. The summed E-state index contributed by atoms with van der Waals surface area (Å²) in [5, 5.41) is 12.7. The summed E-state index contributed by atoms with van der Waals surface area (Å²) < 4.78 is 26.2. The van der Waals surface area contributed by atoms with Crippen LogP contribution in [0.4, 0.5) is 8.78 Å². The number of rotatable bonds is 6. The highest BCUT2D eigenvalue weighted by Crippen LogP contribution is 2.17. The molecule has 0 amide bonds. The molecule has 0 radical (unpaired) electrons. The second-order valence-electron chi connectivity index (χ2n) is 5.13. The summed E-state index contributed by atoms with van der Waals surface area (Å²) in [6.45, 7) is 1.84. The van der Waals surface area contributed by atoms with Crippen LogP contribution in [-0.4, -0.2) is 17.8 Å². The SMILES string of the molecule is CC(NC(CO)Cc1ccccc1)c1ccc(F)c(F)c1. The van der Waals surface area contributed by atoms with Crippen LogP contribution in [0.2, 0.25) is 0 Å². The minimum Gasteiger partial charge on any atom is -0.395 e. The third-order valence-corrected chi connectivity index (χ3v) is 3.47. The first kappa shape index (κ1) is 15.6. The minimum atomic E-state index is -0.857. The lowest BCUT2D eigenvalue weighted by Gasteiger charge is -2.22.